The number of allylic oxidation sites excluding steroid dienone is 3. The van der Waals surface area contributed by atoms with Crippen molar-refractivity contribution in [2.24, 2.45) is 5.10 Å². The van der Waals surface area contributed by atoms with Gasteiger partial charge in [-0.2, -0.15) is 5.10 Å². The van der Waals surface area contributed by atoms with Gasteiger partial charge in [-0.15, -0.1) is 5.17 Å². The lowest BCUT2D eigenvalue weighted by Gasteiger charge is -1.98. The third-order valence-electron chi connectivity index (χ3n) is 0.713. The first-order valence-electron chi connectivity index (χ1n) is 2.25. The normalized spacial score (nSPS) is 16.9. The molecule has 0 radical (unpaired) electrons. The summed E-state index contributed by atoms with van der Waals surface area (Å²) in [6.45, 7) is 0. The molecule has 0 amide bonds. The quantitative estimate of drug-likeness (QED) is 0.499. The molecule has 0 saturated carbocycles. The lowest BCUT2D eigenvalue weighted by atomic mass is 10.5. The van der Waals surface area contributed by atoms with Crippen LogP contribution in [-0.2, 0) is 0 Å². The Morgan fingerprint density at radius 2 is 2.12 bits per heavy atom. The summed E-state index contributed by atoms with van der Waals surface area (Å²) in [5, 5.41) is 12.9. The van der Waals surface area contributed by atoms with Crippen LogP contribution in [0.3, 0.4) is 0 Å². The fourth-order valence-electron chi connectivity index (χ4n) is 0.386. The maximum atomic E-state index is 8.60. The molecule has 8 heavy (non-hydrogen) atoms. The Morgan fingerprint density at radius 1 is 1.25 bits per heavy atom. The van der Waals surface area contributed by atoms with Gasteiger partial charge in [0.1, 0.15) is 0 Å². The van der Waals surface area contributed by atoms with Crippen molar-refractivity contribution < 1.29 is 5.21 Å². The minimum absolute atomic E-state index is 0.750. The van der Waals surface area contributed by atoms with Crippen LogP contribution < -0.4 is 0 Å². The maximum absolute atomic E-state index is 8.60. The zero-order valence-corrected chi connectivity index (χ0v) is 4.23. The molecular formula is C5H6N2O. The molecule has 0 aromatic rings. The van der Waals surface area contributed by atoms with Crippen LogP contribution in [-0.4, -0.2) is 16.6 Å². The van der Waals surface area contributed by atoms with Crippen LogP contribution >= 0.6 is 0 Å². The van der Waals surface area contributed by atoms with Gasteiger partial charge in [0.15, 0.2) is 0 Å². The van der Waals surface area contributed by atoms with Crippen LogP contribution in [0.2, 0.25) is 0 Å². The monoisotopic (exact) mass is 110 g/mol. The molecule has 0 aromatic heterocycles. The van der Waals surface area contributed by atoms with E-state index in [0.29, 0.717) is 0 Å². The zero-order valence-electron chi connectivity index (χ0n) is 4.23. The molecular weight excluding hydrogens is 104 g/mol. The molecule has 0 aromatic carbocycles. The average Bonchev–Trinajstić information content (AvgIpc) is 1.94. The van der Waals surface area contributed by atoms with Crippen LogP contribution in [0, 0.1) is 0 Å². The van der Waals surface area contributed by atoms with Crippen LogP contribution in [0.5, 0.6) is 0 Å². The minimum atomic E-state index is 0.750. The van der Waals surface area contributed by atoms with Crippen LogP contribution in [0.15, 0.2) is 29.5 Å². The van der Waals surface area contributed by atoms with Crippen molar-refractivity contribution in [3.8, 4) is 0 Å². The van der Waals surface area contributed by atoms with Gasteiger partial charge in [-0.25, -0.2) is 0 Å². The number of hydrogen-bond acceptors (Lipinski definition) is 3. The summed E-state index contributed by atoms with van der Waals surface area (Å²) in [6, 6.07) is 0. The predicted octanol–water partition coefficient (Wildman–Crippen LogP) is 0.747. The van der Waals surface area contributed by atoms with Crippen molar-refractivity contribution in [2.75, 3.05) is 0 Å². The summed E-state index contributed by atoms with van der Waals surface area (Å²) in [4.78, 5) is 0. The highest BCUT2D eigenvalue weighted by Crippen LogP contribution is 1.88. The summed E-state index contributed by atoms with van der Waals surface area (Å²) in [7, 11) is 0. The Kier molecular flexibility index (Phi) is 1.44. The second-order valence-electron chi connectivity index (χ2n) is 1.31. The van der Waals surface area contributed by atoms with E-state index in [-0.39, 0.29) is 0 Å². The topological polar surface area (TPSA) is 35.8 Å². The van der Waals surface area contributed by atoms with Crippen molar-refractivity contribution in [3.63, 3.8) is 0 Å². The van der Waals surface area contributed by atoms with Gasteiger partial charge in [-0.1, -0.05) is 6.08 Å². The number of hydrazone groups is 1. The Balaban J connectivity index is 2.66. The highest BCUT2D eigenvalue weighted by atomic mass is 16.5. The third-order valence-corrected chi connectivity index (χ3v) is 0.713. The molecule has 0 bridgehead atoms. The summed E-state index contributed by atoms with van der Waals surface area (Å²) in [5.74, 6) is 0. The molecule has 0 spiro atoms. The molecule has 1 N–H and O–H groups in total. The first kappa shape index (κ1) is 5.05. The van der Waals surface area contributed by atoms with Crippen molar-refractivity contribution in [1.82, 2.24) is 5.17 Å². The Bertz CT molecular complexity index is 133. The van der Waals surface area contributed by atoms with E-state index < -0.39 is 0 Å². The number of hydrogen-bond donors (Lipinski definition) is 1. The standard InChI is InChI=1S/C5H6N2O/c8-7-5-3-1-2-4-6-7/h1-5,8H. The summed E-state index contributed by atoms with van der Waals surface area (Å²) < 4.78 is 0. The Labute approximate surface area is 47.2 Å². The second kappa shape index (κ2) is 2.28. The molecule has 0 unspecified atom stereocenters. The molecule has 0 saturated heterocycles. The van der Waals surface area contributed by atoms with Gasteiger partial charge in [0.2, 0.25) is 0 Å². The number of nitrogens with zero attached hydrogens (tertiary/aromatic N) is 2. The smallest absolute Gasteiger partial charge is 0.0538 e. The predicted molar refractivity (Wildman–Crippen MR) is 30.4 cm³/mol. The average molecular weight is 110 g/mol. The van der Waals surface area contributed by atoms with Crippen molar-refractivity contribution in [1.29, 1.82) is 0 Å². The van der Waals surface area contributed by atoms with Gasteiger partial charge in [0, 0.05) is 6.21 Å². The molecule has 3 heteroatoms. The van der Waals surface area contributed by atoms with E-state index in [9.17, 15) is 0 Å². The molecule has 1 rings (SSSR count). The zero-order chi connectivity index (χ0) is 5.82. The first-order valence-corrected chi connectivity index (χ1v) is 2.25. The van der Waals surface area contributed by atoms with E-state index in [0.717, 1.165) is 5.17 Å². The lowest BCUT2D eigenvalue weighted by Crippen LogP contribution is -1.99. The maximum Gasteiger partial charge on any atom is 0.0538 e. The largest absolute Gasteiger partial charge is 0.268 e. The molecule has 1 aliphatic rings. The first-order chi connectivity index (χ1) is 3.89. The highest BCUT2D eigenvalue weighted by Gasteiger charge is 1.82. The van der Waals surface area contributed by atoms with Crippen LogP contribution in [0.1, 0.15) is 0 Å². The van der Waals surface area contributed by atoms with Gasteiger partial charge in [-0.3, -0.25) is 5.21 Å². The van der Waals surface area contributed by atoms with Crippen molar-refractivity contribution in [3.05, 3.63) is 24.4 Å². The molecule has 0 aliphatic carbocycles. The number of hydroxylamine groups is 1. The molecule has 0 fully saturated rings. The van der Waals surface area contributed by atoms with E-state index in [1.807, 2.05) is 0 Å². The summed E-state index contributed by atoms with van der Waals surface area (Å²) in [5.41, 5.74) is 0. The fraction of sp³-hybridized carbons (Fsp3) is 0. The third kappa shape index (κ3) is 1.20. The Hall–Kier alpha value is -1.09. The second-order valence-corrected chi connectivity index (χ2v) is 1.31. The van der Waals surface area contributed by atoms with Gasteiger partial charge in [-0.05, 0) is 12.2 Å². The van der Waals surface area contributed by atoms with Crippen LogP contribution in [0.4, 0.5) is 0 Å². The highest BCUT2D eigenvalue weighted by molar-refractivity contribution is 5.71. The Morgan fingerprint density at radius 3 is 3.00 bits per heavy atom. The van der Waals surface area contributed by atoms with E-state index in [1.54, 1.807) is 18.2 Å². The molecule has 1 aliphatic heterocycles. The number of rotatable bonds is 0. The van der Waals surface area contributed by atoms with E-state index in [1.165, 1.54) is 12.4 Å². The van der Waals surface area contributed by atoms with Gasteiger partial charge in [0.25, 0.3) is 0 Å². The van der Waals surface area contributed by atoms with E-state index >= 15 is 0 Å². The molecule has 3 nitrogen and oxygen atoms in total. The SMILES string of the molecule is ON1C=CC=CC=N1. The van der Waals surface area contributed by atoms with Gasteiger partial charge >= 0.3 is 0 Å². The van der Waals surface area contributed by atoms with Crippen molar-refractivity contribution >= 4 is 6.21 Å². The molecule has 0 atom stereocenters. The van der Waals surface area contributed by atoms with E-state index in [4.69, 9.17) is 5.21 Å². The fourth-order valence-corrected chi connectivity index (χ4v) is 0.386. The van der Waals surface area contributed by atoms with Gasteiger partial charge in [0.05, 0.1) is 6.20 Å². The van der Waals surface area contributed by atoms with E-state index in [2.05, 4.69) is 5.10 Å². The summed E-state index contributed by atoms with van der Waals surface area (Å²) in [6.07, 6.45) is 8.14. The molecule has 1 heterocycles. The van der Waals surface area contributed by atoms with Crippen molar-refractivity contribution in [2.45, 2.75) is 0 Å². The van der Waals surface area contributed by atoms with Crippen LogP contribution in [0.25, 0.3) is 0 Å². The molecule has 42 valence electrons. The lowest BCUT2D eigenvalue weighted by molar-refractivity contribution is -0.0376. The minimum Gasteiger partial charge on any atom is -0.268 e. The van der Waals surface area contributed by atoms with Gasteiger partial charge < -0.3 is 0 Å². The summed E-state index contributed by atoms with van der Waals surface area (Å²) >= 11 is 0.